The summed E-state index contributed by atoms with van der Waals surface area (Å²) >= 11 is 12.4. The minimum absolute atomic E-state index is 0.0886. The number of hydrogen-bond donors (Lipinski definition) is 1. The summed E-state index contributed by atoms with van der Waals surface area (Å²) in [6.07, 6.45) is 4.89. The second kappa shape index (κ2) is 10.7. The molecular weight excluding hydrogens is 485 g/mol. The largest absolute Gasteiger partial charge is 0.372 e. The molecule has 35 heavy (non-hydrogen) atoms. The maximum Gasteiger partial charge on any atom is 0.258 e. The first kappa shape index (κ1) is 24.4. The van der Waals surface area contributed by atoms with E-state index in [1.165, 1.54) is 0 Å². The van der Waals surface area contributed by atoms with Gasteiger partial charge in [-0.1, -0.05) is 41.4 Å². The zero-order chi connectivity index (χ0) is 24.9. The quantitative estimate of drug-likeness (QED) is 0.362. The summed E-state index contributed by atoms with van der Waals surface area (Å²) in [4.78, 5) is 37.8. The number of halogens is 2. The van der Waals surface area contributed by atoms with Crippen molar-refractivity contribution in [2.75, 3.05) is 37.4 Å². The summed E-state index contributed by atoms with van der Waals surface area (Å²) in [5, 5.41) is 4.29. The second-order valence-corrected chi connectivity index (χ2v) is 8.79. The van der Waals surface area contributed by atoms with Crippen molar-refractivity contribution >= 4 is 57.3 Å². The first-order valence-electron chi connectivity index (χ1n) is 10.9. The molecule has 2 heterocycles. The molecule has 0 radical (unpaired) electrons. The molecule has 4 aromatic rings. The highest BCUT2D eigenvalue weighted by Crippen LogP contribution is 2.31. The molecule has 4 rings (SSSR count). The van der Waals surface area contributed by atoms with Gasteiger partial charge in [-0.3, -0.25) is 19.6 Å². The number of likely N-dealkylation sites (N-methyl/N-ethyl adjacent to an activating group) is 2. The minimum Gasteiger partial charge on any atom is -0.372 e. The van der Waals surface area contributed by atoms with E-state index in [-0.39, 0.29) is 21.5 Å². The molecule has 0 atom stereocenters. The number of carbonyl (C=O) groups excluding carboxylic acids is 2. The van der Waals surface area contributed by atoms with Crippen molar-refractivity contribution in [3.8, 4) is 0 Å². The van der Waals surface area contributed by atoms with Crippen LogP contribution in [0.5, 0.6) is 0 Å². The van der Waals surface area contributed by atoms with Gasteiger partial charge in [0.15, 0.2) is 0 Å². The van der Waals surface area contributed by atoms with Crippen LogP contribution in [-0.4, -0.2) is 53.9 Å². The van der Waals surface area contributed by atoms with Gasteiger partial charge < -0.3 is 15.1 Å². The number of nitrogens with zero attached hydrogens (tertiary/aromatic N) is 4. The van der Waals surface area contributed by atoms with Gasteiger partial charge in [0, 0.05) is 56.8 Å². The fourth-order valence-electron chi connectivity index (χ4n) is 3.73. The zero-order valence-electron chi connectivity index (χ0n) is 19.2. The number of anilines is 2. The summed E-state index contributed by atoms with van der Waals surface area (Å²) in [6, 6.07) is 15.9. The lowest BCUT2D eigenvalue weighted by atomic mass is 10.1. The van der Waals surface area contributed by atoms with Crippen molar-refractivity contribution in [1.82, 2.24) is 14.9 Å². The lowest BCUT2D eigenvalue weighted by Gasteiger charge is -2.25. The SMILES string of the molecule is CN(CCN(C)c1ccnc2c(NC(=O)c3c(Cl)cccc3Cl)cccc12)C(=O)c1cccnc1. The fraction of sp³-hybridized carbons (Fsp3) is 0.154. The zero-order valence-corrected chi connectivity index (χ0v) is 20.7. The molecule has 0 aliphatic carbocycles. The highest BCUT2D eigenvalue weighted by atomic mass is 35.5. The van der Waals surface area contributed by atoms with Gasteiger partial charge in [0.1, 0.15) is 0 Å². The highest BCUT2D eigenvalue weighted by Gasteiger charge is 2.18. The van der Waals surface area contributed by atoms with E-state index in [2.05, 4.69) is 15.3 Å². The molecule has 9 heteroatoms. The van der Waals surface area contributed by atoms with Crippen LogP contribution in [0.4, 0.5) is 11.4 Å². The third kappa shape index (κ3) is 5.37. The summed E-state index contributed by atoms with van der Waals surface area (Å²) in [5.74, 6) is -0.501. The number of hydrogen-bond acceptors (Lipinski definition) is 5. The van der Waals surface area contributed by atoms with Crippen LogP contribution < -0.4 is 10.2 Å². The molecule has 1 N–H and O–H groups in total. The Labute approximate surface area is 213 Å². The Morgan fingerprint density at radius 1 is 0.914 bits per heavy atom. The molecule has 0 bridgehead atoms. The summed E-state index contributed by atoms with van der Waals surface area (Å²) in [7, 11) is 3.72. The number of fused-ring (bicyclic) bond motifs is 1. The Balaban J connectivity index is 1.53. The molecule has 178 valence electrons. The third-order valence-electron chi connectivity index (χ3n) is 5.62. The van der Waals surface area contributed by atoms with Crippen LogP contribution in [0.2, 0.25) is 10.0 Å². The molecule has 0 spiro atoms. The van der Waals surface area contributed by atoms with Gasteiger partial charge in [-0.05, 0) is 36.4 Å². The summed E-state index contributed by atoms with van der Waals surface area (Å²) < 4.78 is 0. The monoisotopic (exact) mass is 507 g/mol. The molecule has 0 fully saturated rings. The minimum atomic E-state index is -0.413. The first-order chi connectivity index (χ1) is 16.9. The predicted octanol–water partition coefficient (Wildman–Crippen LogP) is 5.40. The van der Waals surface area contributed by atoms with Gasteiger partial charge in [-0.25, -0.2) is 0 Å². The van der Waals surface area contributed by atoms with Crippen molar-refractivity contribution in [2.45, 2.75) is 0 Å². The molecule has 2 amide bonds. The maximum absolute atomic E-state index is 12.9. The molecule has 2 aromatic heterocycles. The Kier molecular flexibility index (Phi) is 7.48. The lowest BCUT2D eigenvalue weighted by molar-refractivity contribution is 0.0798. The maximum atomic E-state index is 12.9. The van der Waals surface area contributed by atoms with E-state index in [9.17, 15) is 9.59 Å². The topological polar surface area (TPSA) is 78.4 Å². The van der Waals surface area contributed by atoms with E-state index in [0.29, 0.717) is 29.9 Å². The molecule has 0 saturated carbocycles. The summed E-state index contributed by atoms with van der Waals surface area (Å²) in [6.45, 7) is 1.10. The molecule has 2 aromatic carbocycles. The number of pyridine rings is 2. The van der Waals surface area contributed by atoms with E-state index in [1.54, 1.807) is 66.9 Å². The van der Waals surface area contributed by atoms with Crippen LogP contribution in [0.15, 0.2) is 73.2 Å². The van der Waals surface area contributed by atoms with Gasteiger partial charge in [-0.2, -0.15) is 0 Å². The van der Waals surface area contributed by atoms with Crippen LogP contribution >= 0.6 is 23.2 Å². The van der Waals surface area contributed by atoms with Crippen molar-refractivity contribution in [3.05, 3.63) is 94.4 Å². The molecule has 0 aliphatic rings. The standard InChI is InChI=1S/C26H23Cl2N5O2/c1-32(14-15-33(2)26(35)17-6-5-12-29-16-17)22-11-13-30-24-18(22)7-3-10-21(24)31-25(34)23-19(27)8-4-9-20(23)28/h3-13,16H,14-15H2,1-2H3,(H,31,34). The highest BCUT2D eigenvalue weighted by molar-refractivity contribution is 6.40. The molecular formula is C26H23Cl2N5O2. The van der Waals surface area contributed by atoms with Gasteiger partial charge in [-0.15, -0.1) is 0 Å². The van der Waals surface area contributed by atoms with E-state index >= 15 is 0 Å². The van der Waals surface area contributed by atoms with Crippen LogP contribution in [0.25, 0.3) is 10.9 Å². The normalized spacial score (nSPS) is 10.7. The number of benzene rings is 2. The fourth-order valence-corrected chi connectivity index (χ4v) is 4.30. The average molecular weight is 508 g/mol. The van der Waals surface area contributed by atoms with Gasteiger partial charge in [0.05, 0.1) is 32.4 Å². The number of rotatable bonds is 7. The van der Waals surface area contributed by atoms with E-state index in [4.69, 9.17) is 23.2 Å². The Hall–Kier alpha value is -3.68. The smallest absolute Gasteiger partial charge is 0.258 e. The molecule has 0 saturated heterocycles. The molecule has 0 unspecified atom stereocenters. The number of carbonyl (C=O) groups is 2. The van der Waals surface area contributed by atoms with Crippen molar-refractivity contribution in [1.29, 1.82) is 0 Å². The molecule has 7 nitrogen and oxygen atoms in total. The summed E-state index contributed by atoms with van der Waals surface area (Å²) in [5.41, 5.74) is 2.85. The van der Waals surface area contributed by atoms with Crippen LogP contribution in [0.1, 0.15) is 20.7 Å². The van der Waals surface area contributed by atoms with Crippen LogP contribution in [-0.2, 0) is 0 Å². The van der Waals surface area contributed by atoms with Gasteiger partial charge in [0.25, 0.3) is 11.8 Å². The lowest BCUT2D eigenvalue weighted by Crippen LogP contribution is -2.35. The van der Waals surface area contributed by atoms with Gasteiger partial charge in [0.2, 0.25) is 0 Å². The predicted molar refractivity (Wildman–Crippen MR) is 141 cm³/mol. The number of amides is 2. The Morgan fingerprint density at radius 3 is 2.37 bits per heavy atom. The second-order valence-electron chi connectivity index (χ2n) is 7.97. The van der Waals surface area contributed by atoms with Crippen LogP contribution in [0, 0.1) is 0 Å². The first-order valence-corrected chi connectivity index (χ1v) is 11.6. The van der Waals surface area contributed by atoms with Crippen LogP contribution in [0.3, 0.4) is 0 Å². The van der Waals surface area contributed by atoms with E-state index < -0.39 is 5.91 Å². The van der Waals surface area contributed by atoms with Crippen molar-refractivity contribution in [2.24, 2.45) is 0 Å². The average Bonchev–Trinajstić information content (AvgIpc) is 2.87. The Morgan fingerprint density at radius 2 is 1.66 bits per heavy atom. The number of para-hydroxylation sites is 1. The third-order valence-corrected chi connectivity index (χ3v) is 6.25. The van der Waals surface area contributed by atoms with Crippen molar-refractivity contribution in [3.63, 3.8) is 0 Å². The Bertz CT molecular complexity index is 1360. The number of aromatic nitrogens is 2. The van der Waals surface area contributed by atoms with Gasteiger partial charge >= 0.3 is 0 Å². The molecule has 0 aliphatic heterocycles. The van der Waals surface area contributed by atoms with Crippen molar-refractivity contribution < 1.29 is 9.59 Å². The number of nitrogens with one attached hydrogen (secondary N) is 1. The van der Waals surface area contributed by atoms with E-state index in [0.717, 1.165) is 11.1 Å². The van der Waals surface area contributed by atoms with E-state index in [1.807, 2.05) is 30.1 Å².